The Morgan fingerprint density at radius 2 is 1.79 bits per heavy atom. The molecule has 0 bridgehead atoms. The molecular formula is C19H14ClN5O3. The van der Waals surface area contributed by atoms with Crippen molar-refractivity contribution < 1.29 is 4.92 Å². The molecule has 0 radical (unpaired) electrons. The van der Waals surface area contributed by atoms with Crippen LogP contribution in [0.4, 0.5) is 17.3 Å². The highest BCUT2D eigenvalue weighted by Crippen LogP contribution is 2.23. The van der Waals surface area contributed by atoms with Crippen LogP contribution in [0.3, 0.4) is 0 Å². The third-order valence-corrected chi connectivity index (χ3v) is 4.02. The van der Waals surface area contributed by atoms with Crippen LogP contribution in [0.5, 0.6) is 0 Å². The highest BCUT2D eigenvalue weighted by atomic mass is 35.5. The van der Waals surface area contributed by atoms with Crippen molar-refractivity contribution in [1.29, 1.82) is 0 Å². The van der Waals surface area contributed by atoms with E-state index in [1.54, 1.807) is 30.5 Å². The van der Waals surface area contributed by atoms with Crippen molar-refractivity contribution >= 4 is 47.3 Å². The van der Waals surface area contributed by atoms with E-state index in [9.17, 15) is 14.9 Å². The van der Waals surface area contributed by atoms with Crippen LogP contribution in [-0.4, -0.2) is 21.1 Å². The van der Waals surface area contributed by atoms with E-state index in [1.807, 2.05) is 30.3 Å². The maximum Gasteiger partial charge on any atom is 0.359 e. The molecular weight excluding hydrogens is 382 g/mol. The van der Waals surface area contributed by atoms with E-state index in [0.717, 1.165) is 11.1 Å². The van der Waals surface area contributed by atoms with Gasteiger partial charge in [0.2, 0.25) is 5.95 Å². The lowest BCUT2D eigenvalue weighted by atomic mass is 10.1. The van der Waals surface area contributed by atoms with Gasteiger partial charge in [-0.25, -0.2) is 4.98 Å². The molecule has 28 heavy (non-hydrogen) atoms. The van der Waals surface area contributed by atoms with Crippen molar-refractivity contribution in [2.24, 2.45) is 4.99 Å². The molecule has 9 heteroatoms. The Hall–Kier alpha value is -3.78. The van der Waals surface area contributed by atoms with E-state index in [-0.39, 0.29) is 11.6 Å². The van der Waals surface area contributed by atoms with Crippen LogP contribution in [0.15, 0.2) is 58.3 Å². The summed E-state index contributed by atoms with van der Waals surface area (Å²) in [6.45, 7) is 0. The molecule has 3 aromatic rings. The van der Waals surface area contributed by atoms with Crippen molar-refractivity contribution in [2.45, 2.75) is 0 Å². The first-order chi connectivity index (χ1) is 13.4. The van der Waals surface area contributed by atoms with E-state index in [2.05, 4.69) is 15.0 Å². The number of nitro groups is 1. The van der Waals surface area contributed by atoms with Gasteiger partial charge in [-0.05, 0) is 29.3 Å². The third kappa shape index (κ3) is 4.49. The van der Waals surface area contributed by atoms with Crippen molar-refractivity contribution in [3.05, 3.63) is 90.8 Å². The predicted molar refractivity (Wildman–Crippen MR) is 110 cm³/mol. The molecule has 0 atom stereocenters. The maximum absolute atomic E-state index is 11.7. The number of H-pyrrole nitrogens is 1. The molecule has 0 amide bonds. The zero-order valence-electron chi connectivity index (χ0n) is 14.4. The summed E-state index contributed by atoms with van der Waals surface area (Å²) in [5, 5.41) is 11.6. The molecule has 0 saturated heterocycles. The monoisotopic (exact) mass is 395 g/mol. The van der Waals surface area contributed by atoms with Crippen molar-refractivity contribution in [3.63, 3.8) is 0 Å². The smallest absolute Gasteiger partial charge is 0.359 e. The van der Waals surface area contributed by atoms with E-state index in [4.69, 9.17) is 17.3 Å². The second-order valence-electron chi connectivity index (χ2n) is 5.65. The normalized spacial score (nSPS) is 11.3. The van der Waals surface area contributed by atoms with Gasteiger partial charge < -0.3 is 5.73 Å². The summed E-state index contributed by atoms with van der Waals surface area (Å²) in [6.07, 6.45) is 4.65. The Morgan fingerprint density at radius 3 is 2.46 bits per heavy atom. The molecule has 8 nitrogen and oxygen atoms in total. The number of aliphatic imine (C=N–C) groups is 1. The summed E-state index contributed by atoms with van der Waals surface area (Å²) in [5.74, 6) is -0.193. The number of nitrogens with one attached hydrogen (secondary N) is 1. The van der Waals surface area contributed by atoms with Crippen LogP contribution in [0.2, 0.25) is 5.02 Å². The lowest BCUT2D eigenvalue weighted by Crippen LogP contribution is -2.17. The highest BCUT2D eigenvalue weighted by molar-refractivity contribution is 6.33. The highest BCUT2D eigenvalue weighted by Gasteiger charge is 2.19. The minimum atomic E-state index is -0.900. The zero-order chi connectivity index (χ0) is 20.1. The first-order valence-electron chi connectivity index (χ1n) is 8.05. The van der Waals surface area contributed by atoms with Gasteiger partial charge in [-0.1, -0.05) is 54.1 Å². The molecule has 0 aliphatic heterocycles. The summed E-state index contributed by atoms with van der Waals surface area (Å²) in [7, 11) is 0. The second kappa shape index (κ2) is 8.28. The summed E-state index contributed by atoms with van der Waals surface area (Å²) in [5.41, 5.74) is 6.06. The Kier molecular flexibility index (Phi) is 5.61. The largest absolute Gasteiger partial charge is 0.369 e. The van der Waals surface area contributed by atoms with Crippen LogP contribution < -0.4 is 11.3 Å². The number of nitrogens with two attached hydrogens (primary N) is 1. The van der Waals surface area contributed by atoms with Crippen molar-refractivity contribution in [3.8, 4) is 0 Å². The fraction of sp³-hybridized carbons (Fsp3) is 0. The SMILES string of the molecule is Nc1nc(/C=C/c2ccc(C=Nc3ccccc3Cl)cc2)c([N+](=O)[O-])c(=O)[nH]1. The number of aromatic nitrogens is 2. The number of benzene rings is 2. The fourth-order valence-corrected chi connectivity index (χ4v) is 2.55. The lowest BCUT2D eigenvalue weighted by molar-refractivity contribution is -0.386. The molecule has 0 aliphatic rings. The minimum absolute atomic E-state index is 0.115. The Morgan fingerprint density at radius 1 is 1.11 bits per heavy atom. The summed E-state index contributed by atoms with van der Waals surface area (Å²) >= 11 is 6.06. The molecule has 3 N–H and O–H groups in total. The topological polar surface area (TPSA) is 127 Å². The molecule has 0 aliphatic carbocycles. The molecule has 1 aromatic heterocycles. The fourth-order valence-electron chi connectivity index (χ4n) is 2.36. The molecule has 2 aromatic carbocycles. The van der Waals surface area contributed by atoms with Gasteiger partial charge in [-0.3, -0.25) is 24.9 Å². The Bertz CT molecular complexity index is 1140. The first kappa shape index (κ1) is 19.0. The molecule has 1 heterocycles. The Balaban J connectivity index is 1.81. The Labute approximate surface area is 164 Å². The standard InChI is InChI=1S/C19H14ClN5O3/c20-14-3-1-2-4-15(14)22-11-13-7-5-12(6-8-13)9-10-16-17(25(27)28)18(26)24-19(21)23-16/h1-11H,(H3,21,23,24,26)/b10-9+,22-11?. The van der Waals surface area contributed by atoms with E-state index >= 15 is 0 Å². The van der Waals surface area contributed by atoms with Crippen molar-refractivity contribution in [2.75, 3.05) is 5.73 Å². The number of nitrogen functional groups attached to an aromatic ring is 1. The zero-order valence-corrected chi connectivity index (χ0v) is 15.1. The molecule has 140 valence electrons. The maximum atomic E-state index is 11.7. The number of nitrogens with zero attached hydrogens (tertiary/aromatic N) is 3. The van der Waals surface area contributed by atoms with Gasteiger partial charge in [-0.2, -0.15) is 0 Å². The van der Waals surface area contributed by atoms with Gasteiger partial charge in [0.25, 0.3) is 0 Å². The minimum Gasteiger partial charge on any atom is -0.369 e. The van der Waals surface area contributed by atoms with Crippen LogP contribution in [-0.2, 0) is 0 Å². The average molecular weight is 396 g/mol. The third-order valence-electron chi connectivity index (χ3n) is 3.70. The van der Waals surface area contributed by atoms with Crippen LogP contribution in [0.1, 0.15) is 16.8 Å². The van der Waals surface area contributed by atoms with Gasteiger partial charge in [-0.15, -0.1) is 0 Å². The van der Waals surface area contributed by atoms with Gasteiger partial charge in [0.05, 0.1) is 15.6 Å². The van der Waals surface area contributed by atoms with E-state index < -0.39 is 16.2 Å². The number of halogens is 1. The number of rotatable bonds is 5. The summed E-state index contributed by atoms with van der Waals surface area (Å²) < 4.78 is 0. The van der Waals surface area contributed by atoms with Crippen LogP contribution in [0, 0.1) is 10.1 Å². The molecule has 0 spiro atoms. The van der Waals surface area contributed by atoms with Gasteiger partial charge in [0, 0.05) is 6.21 Å². The average Bonchev–Trinajstić information content (AvgIpc) is 2.65. The van der Waals surface area contributed by atoms with E-state index in [0.29, 0.717) is 10.7 Å². The molecule has 3 rings (SSSR count). The molecule has 0 saturated carbocycles. The summed E-state index contributed by atoms with van der Waals surface area (Å²) in [6, 6.07) is 14.5. The van der Waals surface area contributed by atoms with Crippen LogP contribution in [0.25, 0.3) is 12.2 Å². The van der Waals surface area contributed by atoms with Gasteiger partial charge in [0.15, 0.2) is 5.69 Å². The quantitative estimate of drug-likeness (QED) is 0.385. The first-order valence-corrected chi connectivity index (χ1v) is 8.43. The lowest BCUT2D eigenvalue weighted by Gasteiger charge is -1.99. The number of hydrogen-bond acceptors (Lipinski definition) is 6. The van der Waals surface area contributed by atoms with Gasteiger partial charge >= 0.3 is 11.2 Å². The van der Waals surface area contributed by atoms with Crippen LogP contribution >= 0.6 is 11.6 Å². The number of anilines is 1. The number of aromatic amines is 1. The van der Waals surface area contributed by atoms with Crippen molar-refractivity contribution in [1.82, 2.24) is 9.97 Å². The molecule has 0 fully saturated rings. The summed E-state index contributed by atoms with van der Waals surface area (Å²) in [4.78, 5) is 32.2. The number of para-hydroxylation sites is 1. The molecule has 0 unspecified atom stereocenters. The van der Waals surface area contributed by atoms with E-state index in [1.165, 1.54) is 6.08 Å². The number of hydrogen-bond donors (Lipinski definition) is 2. The second-order valence-corrected chi connectivity index (χ2v) is 6.06. The van der Waals surface area contributed by atoms with Gasteiger partial charge in [0.1, 0.15) is 0 Å². The predicted octanol–water partition coefficient (Wildman–Crippen LogP) is 3.83.